The van der Waals surface area contributed by atoms with E-state index in [4.69, 9.17) is 5.73 Å². The van der Waals surface area contributed by atoms with Gasteiger partial charge in [-0.25, -0.2) is 0 Å². The second-order valence-electron chi connectivity index (χ2n) is 3.52. The van der Waals surface area contributed by atoms with Gasteiger partial charge in [0, 0.05) is 6.42 Å². The van der Waals surface area contributed by atoms with Crippen LogP contribution >= 0.6 is 0 Å². The van der Waals surface area contributed by atoms with E-state index in [1.165, 1.54) is 6.07 Å². The Balaban J connectivity index is 2.64. The lowest BCUT2D eigenvalue weighted by Gasteiger charge is -2.08. The molecule has 2 N–H and O–H groups in total. The Hall–Kier alpha value is -1.52. The maximum absolute atomic E-state index is 12.3. The van der Waals surface area contributed by atoms with Crippen molar-refractivity contribution < 1.29 is 18.0 Å². The van der Waals surface area contributed by atoms with Crippen LogP contribution in [0.5, 0.6) is 0 Å². The van der Waals surface area contributed by atoms with E-state index in [0.717, 1.165) is 12.1 Å². The van der Waals surface area contributed by atoms with Crippen molar-refractivity contribution in [1.82, 2.24) is 0 Å². The zero-order chi connectivity index (χ0) is 12.2. The second kappa shape index (κ2) is 5.01. The number of alkyl halides is 3. The van der Waals surface area contributed by atoms with Gasteiger partial charge in [0.2, 0.25) is 5.91 Å². The predicted octanol–water partition coefficient (Wildman–Crippen LogP) is 2.51. The minimum Gasteiger partial charge on any atom is -0.370 e. The Labute approximate surface area is 91.3 Å². The van der Waals surface area contributed by atoms with Crippen LogP contribution in [0, 0.1) is 0 Å². The van der Waals surface area contributed by atoms with Gasteiger partial charge >= 0.3 is 6.18 Å². The fourth-order valence-corrected chi connectivity index (χ4v) is 1.37. The Kier molecular flexibility index (Phi) is 3.93. The topological polar surface area (TPSA) is 43.1 Å². The van der Waals surface area contributed by atoms with Crippen LogP contribution < -0.4 is 5.73 Å². The third kappa shape index (κ3) is 3.92. The molecule has 0 saturated carbocycles. The van der Waals surface area contributed by atoms with E-state index < -0.39 is 17.6 Å². The van der Waals surface area contributed by atoms with Crippen molar-refractivity contribution in [3.8, 4) is 0 Å². The van der Waals surface area contributed by atoms with E-state index in [0.29, 0.717) is 18.4 Å². The van der Waals surface area contributed by atoms with E-state index >= 15 is 0 Å². The van der Waals surface area contributed by atoms with Crippen molar-refractivity contribution in [2.45, 2.75) is 25.4 Å². The summed E-state index contributed by atoms with van der Waals surface area (Å²) in [5.74, 6) is -0.438. The Morgan fingerprint density at radius 2 is 2.00 bits per heavy atom. The van der Waals surface area contributed by atoms with Gasteiger partial charge in [-0.3, -0.25) is 4.79 Å². The Morgan fingerprint density at radius 3 is 2.56 bits per heavy atom. The van der Waals surface area contributed by atoms with Crippen molar-refractivity contribution in [3.05, 3.63) is 35.4 Å². The van der Waals surface area contributed by atoms with Gasteiger partial charge in [0.15, 0.2) is 0 Å². The number of carbonyl (C=O) groups excluding carboxylic acids is 1. The average Bonchev–Trinajstić information content (AvgIpc) is 2.16. The molecule has 1 aromatic rings. The zero-order valence-electron chi connectivity index (χ0n) is 8.55. The van der Waals surface area contributed by atoms with Gasteiger partial charge in [0.1, 0.15) is 0 Å². The van der Waals surface area contributed by atoms with Crippen LogP contribution in [-0.4, -0.2) is 5.91 Å². The molecule has 0 aliphatic rings. The van der Waals surface area contributed by atoms with Crippen LogP contribution in [0.25, 0.3) is 0 Å². The lowest BCUT2D eigenvalue weighted by Crippen LogP contribution is -2.10. The lowest BCUT2D eigenvalue weighted by atomic mass is 10.0. The summed E-state index contributed by atoms with van der Waals surface area (Å²) in [6, 6.07) is 5.09. The summed E-state index contributed by atoms with van der Waals surface area (Å²) < 4.78 is 37.0. The van der Waals surface area contributed by atoms with Crippen molar-refractivity contribution in [1.29, 1.82) is 0 Å². The van der Waals surface area contributed by atoms with Crippen molar-refractivity contribution in [3.63, 3.8) is 0 Å². The molecule has 1 amide bonds. The molecule has 5 heteroatoms. The Morgan fingerprint density at radius 1 is 1.31 bits per heavy atom. The number of rotatable bonds is 4. The molecule has 0 atom stereocenters. The molecule has 88 valence electrons. The maximum atomic E-state index is 12.3. The highest BCUT2D eigenvalue weighted by Gasteiger charge is 2.30. The molecule has 0 unspecified atom stereocenters. The first kappa shape index (κ1) is 12.5. The number of nitrogens with two attached hydrogens (primary N) is 1. The van der Waals surface area contributed by atoms with Gasteiger partial charge < -0.3 is 5.73 Å². The zero-order valence-corrected chi connectivity index (χ0v) is 8.55. The summed E-state index contributed by atoms with van der Waals surface area (Å²) in [5.41, 5.74) is 4.84. The highest BCUT2D eigenvalue weighted by molar-refractivity contribution is 5.73. The van der Waals surface area contributed by atoms with Crippen LogP contribution in [0.3, 0.4) is 0 Å². The first-order valence-electron chi connectivity index (χ1n) is 4.84. The van der Waals surface area contributed by atoms with E-state index in [1.807, 2.05) is 0 Å². The summed E-state index contributed by atoms with van der Waals surface area (Å²) in [6.07, 6.45) is -3.24. The largest absolute Gasteiger partial charge is 0.416 e. The molecule has 0 bridgehead atoms. The number of halogens is 3. The summed E-state index contributed by atoms with van der Waals surface area (Å²) in [4.78, 5) is 10.5. The molecule has 0 aliphatic heterocycles. The van der Waals surface area contributed by atoms with Crippen LogP contribution in [0.1, 0.15) is 24.0 Å². The third-order valence-electron chi connectivity index (χ3n) is 2.14. The summed E-state index contributed by atoms with van der Waals surface area (Å²) in [7, 11) is 0. The molecular weight excluding hydrogens is 219 g/mol. The number of hydrogen-bond donors (Lipinski definition) is 1. The maximum Gasteiger partial charge on any atom is 0.416 e. The SMILES string of the molecule is NC(=O)CCCc1cccc(C(F)(F)F)c1. The van der Waals surface area contributed by atoms with Crippen molar-refractivity contribution in [2.24, 2.45) is 5.73 Å². The van der Waals surface area contributed by atoms with E-state index in [2.05, 4.69) is 0 Å². The molecule has 0 fully saturated rings. The highest BCUT2D eigenvalue weighted by Crippen LogP contribution is 2.29. The minimum atomic E-state index is -4.32. The van der Waals surface area contributed by atoms with Crippen molar-refractivity contribution in [2.75, 3.05) is 0 Å². The fraction of sp³-hybridized carbons (Fsp3) is 0.364. The highest BCUT2D eigenvalue weighted by atomic mass is 19.4. The molecule has 0 radical (unpaired) electrons. The first-order chi connectivity index (χ1) is 7.39. The van der Waals surface area contributed by atoms with Gasteiger partial charge in [0.25, 0.3) is 0 Å². The van der Waals surface area contributed by atoms with Crippen LogP contribution in [0.4, 0.5) is 13.2 Å². The number of carbonyl (C=O) groups is 1. The lowest BCUT2D eigenvalue weighted by molar-refractivity contribution is -0.137. The van der Waals surface area contributed by atoms with Gasteiger partial charge in [0.05, 0.1) is 5.56 Å². The molecule has 0 heterocycles. The van der Waals surface area contributed by atoms with Crippen LogP contribution in [-0.2, 0) is 17.4 Å². The molecule has 0 aliphatic carbocycles. The second-order valence-corrected chi connectivity index (χ2v) is 3.52. The molecule has 16 heavy (non-hydrogen) atoms. The molecule has 0 spiro atoms. The number of benzene rings is 1. The van der Waals surface area contributed by atoms with Gasteiger partial charge in [-0.05, 0) is 24.5 Å². The van der Waals surface area contributed by atoms with Gasteiger partial charge in [-0.2, -0.15) is 13.2 Å². The monoisotopic (exact) mass is 231 g/mol. The van der Waals surface area contributed by atoms with Gasteiger partial charge in [-0.15, -0.1) is 0 Å². The summed E-state index contributed by atoms with van der Waals surface area (Å²) in [5, 5.41) is 0. The van der Waals surface area contributed by atoms with Crippen molar-refractivity contribution >= 4 is 5.91 Å². The smallest absolute Gasteiger partial charge is 0.370 e. The number of amides is 1. The Bertz CT molecular complexity index is 374. The molecular formula is C11H12F3NO. The number of hydrogen-bond acceptors (Lipinski definition) is 1. The summed E-state index contributed by atoms with van der Waals surface area (Å²) in [6.45, 7) is 0. The number of primary amides is 1. The molecule has 2 nitrogen and oxygen atoms in total. The molecule has 0 saturated heterocycles. The minimum absolute atomic E-state index is 0.191. The molecule has 0 aromatic heterocycles. The van der Waals surface area contributed by atoms with Crippen LogP contribution in [0.15, 0.2) is 24.3 Å². The fourth-order valence-electron chi connectivity index (χ4n) is 1.37. The van der Waals surface area contributed by atoms with E-state index in [-0.39, 0.29) is 6.42 Å². The van der Waals surface area contributed by atoms with E-state index in [1.54, 1.807) is 6.07 Å². The number of aryl methyl sites for hydroxylation is 1. The first-order valence-corrected chi connectivity index (χ1v) is 4.84. The van der Waals surface area contributed by atoms with Gasteiger partial charge in [-0.1, -0.05) is 18.2 Å². The molecule has 1 aromatic carbocycles. The standard InChI is InChI=1S/C11H12F3NO/c12-11(13,14)9-5-1-3-8(7-9)4-2-6-10(15)16/h1,3,5,7H,2,4,6H2,(H2,15,16). The quantitative estimate of drug-likeness (QED) is 0.850. The van der Waals surface area contributed by atoms with Crippen LogP contribution in [0.2, 0.25) is 0 Å². The predicted molar refractivity (Wildman–Crippen MR) is 53.6 cm³/mol. The normalized spacial score (nSPS) is 11.4. The summed E-state index contributed by atoms with van der Waals surface area (Å²) >= 11 is 0. The van der Waals surface area contributed by atoms with E-state index in [9.17, 15) is 18.0 Å². The average molecular weight is 231 g/mol. The molecule has 1 rings (SSSR count). The third-order valence-corrected chi connectivity index (χ3v) is 2.14.